The molecular weight excluding hydrogens is 604 g/mol. The van der Waals surface area contributed by atoms with E-state index in [1.165, 1.54) is 4.90 Å². The third kappa shape index (κ3) is 6.82. The first-order chi connectivity index (χ1) is 19.9. The smallest absolute Gasteiger partial charge is 0.406 e. The van der Waals surface area contributed by atoms with E-state index in [1.54, 1.807) is 26.2 Å². The highest BCUT2D eigenvalue weighted by Crippen LogP contribution is 2.61. The zero-order chi connectivity index (χ0) is 32.0. The minimum Gasteiger partial charge on any atom is -0.406 e. The molecule has 1 spiro atoms. The van der Waals surface area contributed by atoms with Crippen molar-refractivity contribution in [3.63, 3.8) is 0 Å². The fourth-order valence-electron chi connectivity index (χ4n) is 5.83. The molecular formula is C29H32ClF6N3O4. The van der Waals surface area contributed by atoms with Crippen LogP contribution in [0.25, 0.3) is 0 Å². The summed E-state index contributed by atoms with van der Waals surface area (Å²) in [7, 11) is 4.41. The number of hydrogen-bond acceptors (Lipinski definition) is 5. The van der Waals surface area contributed by atoms with Crippen LogP contribution in [-0.2, 0) is 10.4 Å². The number of hydrogen-bond donors (Lipinski definition) is 1. The predicted molar refractivity (Wildman–Crippen MR) is 147 cm³/mol. The van der Waals surface area contributed by atoms with Crippen LogP contribution in [0, 0.1) is 11.3 Å². The number of anilines is 1. The van der Waals surface area contributed by atoms with Crippen LogP contribution in [0.3, 0.4) is 0 Å². The van der Waals surface area contributed by atoms with Crippen molar-refractivity contribution in [3.05, 3.63) is 58.6 Å². The van der Waals surface area contributed by atoms with Gasteiger partial charge in [0, 0.05) is 52.0 Å². The van der Waals surface area contributed by atoms with Crippen molar-refractivity contribution in [2.45, 2.75) is 43.8 Å². The van der Waals surface area contributed by atoms with Crippen molar-refractivity contribution >= 4 is 29.1 Å². The second-order valence-electron chi connectivity index (χ2n) is 11.4. The molecule has 2 atom stereocenters. The van der Waals surface area contributed by atoms with Crippen molar-refractivity contribution in [2.24, 2.45) is 11.3 Å². The zero-order valence-corrected chi connectivity index (χ0v) is 24.5. The Kier molecular flexibility index (Phi) is 8.92. The molecule has 14 heteroatoms. The van der Waals surface area contributed by atoms with Gasteiger partial charge in [0.2, 0.25) is 0 Å². The van der Waals surface area contributed by atoms with Gasteiger partial charge in [-0.2, -0.15) is 13.2 Å². The van der Waals surface area contributed by atoms with E-state index in [2.05, 4.69) is 9.64 Å². The molecule has 2 aromatic rings. The van der Waals surface area contributed by atoms with E-state index in [4.69, 9.17) is 11.6 Å². The molecule has 0 radical (unpaired) electrons. The fraction of sp³-hybridized carbons (Fsp3) is 0.517. The zero-order valence-electron chi connectivity index (χ0n) is 23.7. The Balaban J connectivity index is 1.36. The molecule has 1 heterocycles. The molecule has 236 valence electrons. The Morgan fingerprint density at radius 1 is 1.05 bits per heavy atom. The summed E-state index contributed by atoms with van der Waals surface area (Å²) in [6, 6.07) is 8.00. The predicted octanol–water partition coefficient (Wildman–Crippen LogP) is 5.85. The number of carbonyl (C=O) groups excluding carboxylic acids is 2. The number of alkyl halides is 6. The minimum atomic E-state index is -5.51. The van der Waals surface area contributed by atoms with Crippen LogP contribution in [-0.4, -0.2) is 80.0 Å². The van der Waals surface area contributed by atoms with Crippen molar-refractivity contribution in [2.75, 3.05) is 45.7 Å². The number of piperidine rings is 1. The third-order valence-electron chi connectivity index (χ3n) is 8.44. The number of aliphatic hydroxyl groups is 1. The molecule has 1 saturated carbocycles. The summed E-state index contributed by atoms with van der Waals surface area (Å²) in [5.41, 5.74) is -3.85. The number of rotatable bonds is 8. The lowest BCUT2D eigenvalue weighted by atomic mass is 9.89. The highest BCUT2D eigenvalue weighted by molar-refractivity contribution is 6.34. The second-order valence-corrected chi connectivity index (χ2v) is 11.8. The molecule has 1 unspecified atom stereocenters. The number of likely N-dealkylation sites (N-methyl/N-ethyl adjacent to an activating group) is 1. The number of amides is 2. The Morgan fingerprint density at radius 2 is 1.70 bits per heavy atom. The molecule has 2 aromatic carbocycles. The molecule has 4 rings (SSSR count). The molecule has 2 fully saturated rings. The molecule has 2 aliphatic rings. The van der Waals surface area contributed by atoms with Crippen LogP contribution in [0.4, 0.5) is 32.0 Å². The second kappa shape index (κ2) is 11.7. The van der Waals surface area contributed by atoms with Crippen molar-refractivity contribution in [1.82, 2.24) is 9.80 Å². The summed E-state index contributed by atoms with van der Waals surface area (Å²) >= 11 is 6.36. The van der Waals surface area contributed by atoms with E-state index in [0.717, 1.165) is 55.1 Å². The molecule has 1 aliphatic heterocycles. The Hall–Kier alpha value is -3.19. The van der Waals surface area contributed by atoms with Gasteiger partial charge in [-0.05, 0) is 67.3 Å². The highest BCUT2D eigenvalue weighted by Gasteiger charge is 2.62. The number of halogens is 7. The molecule has 7 nitrogen and oxygen atoms in total. The van der Waals surface area contributed by atoms with E-state index in [9.17, 15) is 41.0 Å². The van der Waals surface area contributed by atoms with Gasteiger partial charge in [-0.1, -0.05) is 23.7 Å². The summed E-state index contributed by atoms with van der Waals surface area (Å²) in [6.07, 6.45) is -7.78. The van der Waals surface area contributed by atoms with Crippen LogP contribution in [0.15, 0.2) is 42.5 Å². The lowest BCUT2D eigenvalue weighted by Crippen LogP contribution is -2.55. The van der Waals surface area contributed by atoms with Crippen LogP contribution < -0.4 is 9.64 Å². The average Bonchev–Trinajstić information content (AvgIpc) is 3.60. The number of ether oxygens (including phenoxy) is 1. The molecule has 0 aromatic heterocycles. The number of carbonyl (C=O) groups is 2. The average molecular weight is 636 g/mol. The minimum absolute atomic E-state index is 0.00535. The Bertz CT molecular complexity index is 1360. The van der Waals surface area contributed by atoms with Gasteiger partial charge in [-0.15, -0.1) is 13.2 Å². The van der Waals surface area contributed by atoms with Gasteiger partial charge in [-0.3, -0.25) is 9.59 Å². The maximum Gasteiger partial charge on any atom is 0.573 e. The van der Waals surface area contributed by atoms with Gasteiger partial charge in [0.25, 0.3) is 17.4 Å². The molecule has 0 bridgehead atoms. The topological polar surface area (TPSA) is 73.3 Å². The van der Waals surface area contributed by atoms with E-state index in [-0.39, 0.29) is 23.8 Å². The van der Waals surface area contributed by atoms with Gasteiger partial charge in [-0.25, -0.2) is 0 Å². The monoisotopic (exact) mass is 635 g/mol. The van der Waals surface area contributed by atoms with E-state index in [0.29, 0.717) is 36.2 Å². The van der Waals surface area contributed by atoms with Crippen molar-refractivity contribution < 1.29 is 45.8 Å². The van der Waals surface area contributed by atoms with Gasteiger partial charge in [0.05, 0.1) is 10.6 Å². The first-order valence-electron chi connectivity index (χ1n) is 13.5. The Morgan fingerprint density at radius 3 is 2.26 bits per heavy atom. The van der Waals surface area contributed by atoms with Crippen LogP contribution in [0.5, 0.6) is 5.75 Å². The summed E-state index contributed by atoms with van der Waals surface area (Å²) < 4.78 is 83.7. The summed E-state index contributed by atoms with van der Waals surface area (Å²) in [4.78, 5) is 29.6. The largest absolute Gasteiger partial charge is 0.573 e. The summed E-state index contributed by atoms with van der Waals surface area (Å²) in [6.45, 7) is 1.35. The van der Waals surface area contributed by atoms with Gasteiger partial charge < -0.3 is 24.5 Å². The number of benzene rings is 2. The first kappa shape index (κ1) is 32.7. The lowest BCUT2D eigenvalue weighted by molar-refractivity contribution is -0.274. The van der Waals surface area contributed by atoms with E-state index in [1.807, 2.05) is 6.07 Å². The molecule has 1 saturated heterocycles. The van der Waals surface area contributed by atoms with Crippen LogP contribution in [0.2, 0.25) is 5.02 Å². The Labute approximate surface area is 249 Å². The SMILES string of the molecule is CN(C)C(=O)c1ccc(N2CCC3(CC2)C[C@@H]3CCN(C)C(=O)C(O)(c2cccc(OC(F)(F)F)c2)C(F)(F)F)cc1Cl. The van der Waals surface area contributed by atoms with Gasteiger partial charge >= 0.3 is 12.5 Å². The summed E-state index contributed by atoms with van der Waals surface area (Å²) in [5, 5.41) is 11.0. The van der Waals surface area contributed by atoms with Gasteiger partial charge in [0.15, 0.2) is 0 Å². The van der Waals surface area contributed by atoms with Crippen molar-refractivity contribution in [3.8, 4) is 5.75 Å². The lowest BCUT2D eigenvalue weighted by Gasteiger charge is -2.35. The molecule has 43 heavy (non-hydrogen) atoms. The normalized spacial score (nSPS) is 19.5. The van der Waals surface area contributed by atoms with Crippen LogP contribution >= 0.6 is 11.6 Å². The molecule has 2 amide bonds. The van der Waals surface area contributed by atoms with E-state index >= 15 is 0 Å². The number of nitrogens with zero attached hydrogens (tertiary/aromatic N) is 3. The van der Waals surface area contributed by atoms with Gasteiger partial charge in [0.1, 0.15) is 5.75 Å². The fourth-order valence-corrected chi connectivity index (χ4v) is 6.09. The maximum absolute atomic E-state index is 14.1. The molecule has 1 aliphatic carbocycles. The van der Waals surface area contributed by atoms with Crippen molar-refractivity contribution in [1.29, 1.82) is 0 Å². The quantitative estimate of drug-likeness (QED) is 0.369. The molecule has 1 N–H and O–H groups in total. The summed E-state index contributed by atoms with van der Waals surface area (Å²) in [5.74, 6) is -2.72. The standard InChI is InChI=1S/C29H32ClF6N3O4/c1-37(2)24(40)22-8-7-20(16-23(22)30)39-13-10-26(11-14-39)17-19(26)9-12-38(3)25(41)27(42,28(31,32)33)18-5-4-6-21(15-18)43-29(34,35)36/h4-8,15-16,19,42H,9-14,17H2,1-3H3/t19-,27?/m0/s1. The van der Waals surface area contributed by atoms with Crippen LogP contribution in [0.1, 0.15) is 41.6 Å². The first-order valence-corrected chi connectivity index (χ1v) is 13.9. The maximum atomic E-state index is 14.1. The van der Waals surface area contributed by atoms with E-state index < -0.39 is 35.4 Å². The highest BCUT2D eigenvalue weighted by atomic mass is 35.5. The third-order valence-corrected chi connectivity index (χ3v) is 8.75.